The maximum absolute atomic E-state index is 12.6. The van der Waals surface area contributed by atoms with Gasteiger partial charge in [-0.15, -0.1) is 11.3 Å². The molecule has 0 aliphatic carbocycles. The predicted molar refractivity (Wildman–Crippen MR) is 112 cm³/mol. The predicted octanol–water partition coefficient (Wildman–Crippen LogP) is 3.21. The lowest BCUT2D eigenvalue weighted by molar-refractivity contribution is -0.126. The second kappa shape index (κ2) is 7.79. The molecule has 3 heterocycles. The van der Waals surface area contributed by atoms with Gasteiger partial charge in [0.2, 0.25) is 18.6 Å². The van der Waals surface area contributed by atoms with Crippen LogP contribution in [0.3, 0.4) is 0 Å². The molecule has 3 aromatic rings. The van der Waals surface area contributed by atoms with Crippen molar-refractivity contribution < 1.29 is 19.1 Å². The molecule has 7 nitrogen and oxygen atoms in total. The number of anilines is 1. The van der Waals surface area contributed by atoms with E-state index in [1.165, 1.54) is 0 Å². The lowest BCUT2D eigenvalue weighted by atomic mass is 10.1. The van der Waals surface area contributed by atoms with Crippen LogP contribution in [-0.4, -0.2) is 30.1 Å². The SMILES string of the molecule is O=C(NCc1csc(-c2ccccc2)n1)[C@@H]1CC(=O)N(c2ccc3c(c2)OCO3)C1. The van der Waals surface area contributed by atoms with Crippen molar-refractivity contribution in [3.05, 3.63) is 59.6 Å². The number of ether oxygens (including phenoxy) is 2. The van der Waals surface area contributed by atoms with Crippen LogP contribution >= 0.6 is 11.3 Å². The molecule has 0 saturated carbocycles. The fourth-order valence-corrected chi connectivity index (χ4v) is 4.44. The fraction of sp³-hybridized carbons (Fsp3) is 0.227. The van der Waals surface area contributed by atoms with E-state index in [-0.39, 0.29) is 25.0 Å². The first-order chi connectivity index (χ1) is 14.7. The van der Waals surface area contributed by atoms with Crippen LogP contribution in [-0.2, 0) is 16.1 Å². The fourth-order valence-electron chi connectivity index (χ4n) is 3.61. The van der Waals surface area contributed by atoms with Gasteiger partial charge in [-0.1, -0.05) is 30.3 Å². The third-order valence-electron chi connectivity index (χ3n) is 5.18. The van der Waals surface area contributed by atoms with Gasteiger partial charge in [-0.3, -0.25) is 9.59 Å². The molecule has 0 unspecified atom stereocenters. The van der Waals surface area contributed by atoms with Crippen molar-refractivity contribution in [3.63, 3.8) is 0 Å². The second-order valence-corrected chi connectivity index (χ2v) is 8.03. The lowest BCUT2D eigenvalue weighted by Gasteiger charge is -2.17. The summed E-state index contributed by atoms with van der Waals surface area (Å²) in [7, 11) is 0. The molecule has 8 heteroatoms. The Labute approximate surface area is 177 Å². The zero-order valence-electron chi connectivity index (χ0n) is 16.0. The molecule has 1 N–H and O–H groups in total. The summed E-state index contributed by atoms with van der Waals surface area (Å²) >= 11 is 1.55. The van der Waals surface area contributed by atoms with Crippen LogP contribution < -0.4 is 19.7 Å². The van der Waals surface area contributed by atoms with Crippen molar-refractivity contribution >= 4 is 28.8 Å². The molecule has 0 radical (unpaired) electrons. The summed E-state index contributed by atoms with van der Waals surface area (Å²) in [5.74, 6) is 0.675. The number of carbonyl (C=O) groups excluding carboxylic acids is 2. The summed E-state index contributed by atoms with van der Waals surface area (Å²) in [5, 5.41) is 5.79. The topological polar surface area (TPSA) is 80.8 Å². The Morgan fingerprint density at radius 2 is 2.00 bits per heavy atom. The van der Waals surface area contributed by atoms with E-state index in [0.29, 0.717) is 30.3 Å². The van der Waals surface area contributed by atoms with Crippen molar-refractivity contribution in [2.75, 3.05) is 18.2 Å². The Morgan fingerprint density at radius 1 is 1.17 bits per heavy atom. The first-order valence-corrected chi connectivity index (χ1v) is 10.5. The molecule has 1 saturated heterocycles. The van der Waals surface area contributed by atoms with Gasteiger partial charge in [0.15, 0.2) is 11.5 Å². The molecule has 1 atom stereocenters. The van der Waals surface area contributed by atoms with Crippen LogP contribution in [0.5, 0.6) is 11.5 Å². The standard InChI is InChI=1S/C22H19N3O4S/c26-20-8-15(11-25(20)17-6-7-18-19(9-17)29-13-28-18)21(27)23-10-16-12-30-22(24-16)14-4-2-1-3-5-14/h1-7,9,12,15H,8,10-11,13H2,(H,23,27)/t15-/m1/s1. The number of nitrogens with one attached hydrogen (secondary N) is 1. The van der Waals surface area contributed by atoms with Crippen molar-refractivity contribution in [2.45, 2.75) is 13.0 Å². The Morgan fingerprint density at radius 3 is 2.87 bits per heavy atom. The van der Waals surface area contributed by atoms with E-state index in [1.807, 2.05) is 41.8 Å². The number of carbonyl (C=O) groups is 2. The van der Waals surface area contributed by atoms with Gasteiger partial charge in [-0.2, -0.15) is 0 Å². The average molecular weight is 421 g/mol. The van der Waals surface area contributed by atoms with E-state index in [9.17, 15) is 9.59 Å². The maximum atomic E-state index is 12.6. The normalized spacial score (nSPS) is 17.4. The van der Waals surface area contributed by atoms with Gasteiger partial charge in [0, 0.05) is 35.7 Å². The summed E-state index contributed by atoms with van der Waals surface area (Å²) in [6.45, 7) is 0.869. The summed E-state index contributed by atoms with van der Waals surface area (Å²) in [4.78, 5) is 31.4. The van der Waals surface area contributed by atoms with Crippen LogP contribution in [0.15, 0.2) is 53.9 Å². The summed E-state index contributed by atoms with van der Waals surface area (Å²) in [5.41, 5.74) is 2.58. The van der Waals surface area contributed by atoms with Crippen LogP contribution in [0.25, 0.3) is 10.6 Å². The molecule has 2 aromatic carbocycles. The first-order valence-electron chi connectivity index (χ1n) is 9.65. The molecule has 5 rings (SSSR count). The van der Waals surface area contributed by atoms with Gasteiger partial charge in [-0.05, 0) is 12.1 Å². The van der Waals surface area contributed by atoms with Gasteiger partial charge in [0.25, 0.3) is 0 Å². The van der Waals surface area contributed by atoms with Crippen molar-refractivity contribution in [3.8, 4) is 22.1 Å². The molecule has 152 valence electrons. The van der Waals surface area contributed by atoms with E-state index < -0.39 is 5.92 Å². The first kappa shape index (κ1) is 18.6. The monoisotopic (exact) mass is 421 g/mol. The number of benzene rings is 2. The number of thiazole rings is 1. The largest absolute Gasteiger partial charge is 0.454 e. The highest BCUT2D eigenvalue weighted by atomic mass is 32.1. The smallest absolute Gasteiger partial charge is 0.231 e. The molecule has 2 amide bonds. The average Bonchev–Trinajstić information content (AvgIpc) is 3.51. The number of hydrogen-bond acceptors (Lipinski definition) is 6. The minimum atomic E-state index is -0.393. The van der Waals surface area contributed by atoms with Gasteiger partial charge in [0.1, 0.15) is 5.01 Å². The Hall–Kier alpha value is -3.39. The van der Waals surface area contributed by atoms with Crippen LogP contribution in [0.4, 0.5) is 5.69 Å². The Kier molecular flexibility index (Phi) is 4.84. The third kappa shape index (κ3) is 3.61. The Bertz CT molecular complexity index is 1100. The van der Waals surface area contributed by atoms with Gasteiger partial charge < -0.3 is 19.7 Å². The van der Waals surface area contributed by atoms with Crippen LogP contribution in [0.1, 0.15) is 12.1 Å². The van der Waals surface area contributed by atoms with Crippen molar-refractivity contribution in [1.82, 2.24) is 10.3 Å². The molecule has 30 heavy (non-hydrogen) atoms. The minimum Gasteiger partial charge on any atom is -0.454 e. The number of rotatable bonds is 5. The van der Waals surface area contributed by atoms with Crippen LogP contribution in [0.2, 0.25) is 0 Å². The minimum absolute atomic E-state index is 0.0750. The number of hydrogen-bond donors (Lipinski definition) is 1. The quantitative estimate of drug-likeness (QED) is 0.684. The number of fused-ring (bicyclic) bond motifs is 1. The van der Waals surface area contributed by atoms with E-state index in [4.69, 9.17) is 9.47 Å². The molecular formula is C22H19N3O4S. The van der Waals surface area contributed by atoms with E-state index in [2.05, 4.69) is 10.3 Å². The summed E-state index contributed by atoms with van der Waals surface area (Å²) in [6.07, 6.45) is 0.187. The third-order valence-corrected chi connectivity index (χ3v) is 6.12. The van der Waals surface area contributed by atoms with E-state index in [1.54, 1.807) is 28.4 Å². The van der Waals surface area contributed by atoms with Gasteiger partial charge in [0.05, 0.1) is 18.2 Å². The summed E-state index contributed by atoms with van der Waals surface area (Å²) in [6, 6.07) is 15.3. The molecule has 1 fully saturated rings. The molecule has 2 aliphatic heterocycles. The van der Waals surface area contributed by atoms with Gasteiger partial charge >= 0.3 is 0 Å². The molecule has 0 spiro atoms. The van der Waals surface area contributed by atoms with Crippen LogP contribution in [0, 0.1) is 5.92 Å². The highest BCUT2D eigenvalue weighted by Crippen LogP contribution is 2.37. The Balaban J connectivity index is 1.20. The maximum Gasteiger partial charge on any atom is 0.231 e. The molecule has 2 aliphatic rings. The second-order valence-electron chi connectivity index (χ2n) is 7.17. The summed E-state index contributed by atoms with van der Waals surface area (Å²) < 4.78 is 10.7. The lowest BCUT2D eigenvalue weighted by Crippen LogP contribution is -2.32. The highest BCUT2D eigenvalue weighted by Gasteiger charge is 2.35. The molecule has 1 aromatic heterocycles. The number of amides is 2. The zero-order valence-corrected chi connectivity index (χ0v) is 16.9. The number of aromatic nitrogens is 1. The molecule has 0 bridgehead atoms. The zero-order chi connectivity index (χ0) is 20.5. The highest BCUT2D eigenvalue weighted by molar-refractivity contribution is 7.13. The van der Waals surface area contributed by atoms with E-state index >= 15 is 0 Å². The number of nitrogens with zero attached hydrogens (tertiary/aromatic N) is 2. The van der Waals surface area contributed by atoms with Crippen molar-refractivity contribution in [1.29, 1.82) is 0 Å². The van der Waals surface area contributed by atoms with Crippen molar-refractivity contribution in [2.24, 2.45) is 5.92 Å². The van der Waals surface area contributed by atoms with Gasteiger partial charge in [-0.25, -0.2) is 4.98 Å². The molecular weight excluding hydrogens is 402 g/mol. The van der Waals surface area contributed by atoms with E-state index in [0.717, 1.165) is 16.3 Å².